The zero-order chi connectivity index (χ0) is 4.41. The average Bonchev–Trinajstić information content (AvgIpc) is 1.86. The number of hydrogen-bond acceptors (Lipinski definition) is 0. The maximum Gasteiger partial charge on any atom is 1.00 e. The molecule has 0 amide bonds. The molecule has 1 unspecified atom stereocenters. The molecule has 2 heteroatoms. The van der Waals surface area contributed by atoms with E-state index in [0.717, 1.165) is 5.66 Å². The first kappa shape index (κ1) is 8.03. The zero-order valence-electron chi connectivity index (χ0n) is 5.98. The topological polar surface area (TPSA) is 0 Å². The molecule has 1 aliphatic rings. The van der Waals surface area contributed by atoms with Crippen LogP contribution >= 0.6 is 9.24 Å². The van der Waals surface area contributed by atoms with Crippen molar-refractivity contribution in [3.8, 4) is 0 Å². The third kappa shape index (κ3) is 2.76. The van der Waals surface area contributed by atoms with Gasteiger partial charge in [0.1, 0.15) is 0 Å². The molecule has 1 rings (SSSR count). The van der Waals surface area contributed by atoms with Gasteiger partial charge in [-0.15, -0.1) is 9.24 Å². The van der Waals surface area contributed by atoms with Crippen LogP contribution < -0.4 is 18.9 Å². The van der Waals surface area contributed by atoms with E-state index < -0.39 is 0 Å². The molecule has 1 saturated carbocycles. The summed E-state index contributed by atoms with van der Waals surface area (Å²) in [5, 5.41) is 0. The summed E-state index contributed by atoms with van der Waals surface area (Å²) in [6.07, 6.45) is 5.83. The van der Waals surface area contributed by atoms with E-state index in [1.54, 1.807) is 0 Å². The molecule has 0 aromatic rings. The molecule has 1 aliphatic carbocycles. The molecule has 0 bridgehead atoms. The van der Waals surface area contributed by atoms with Crippen molar-refractivity contribution in [3.63, 3.8) is 0 Å². The Hall–Kier alpha value is 1.03. The molecule has 0 heterocycles. The summed E-state index contributed by atoms with van der Waals surface area (Å²) in [5.74, 6) is 0. The van der Waals surface area contributed by atoms with Crippen molar-refractivity contribution in [2.75, 3.05) is 0 Å². The van der Waals surface area contributed by atoms with Gasteiger partial charge in [0.15, 0.2) is 0 Å². The quantitative estimate of drug-likeness (QED) is 0.275. The van der Waals surface area contributed by atoms with E-state index in [4.69, 9.17) is 0 Å². The van der Waals surface area contributed by atoms with Crippen LogP contribution in [0.3, 0.4) is 0 Å². The van der Waals surface area contributed by atoms with Crippen molar-refractivity contribution >= 4 is 9.24 Å². The SMILES string of the molecule is PC1CCCC1.[H-].[Li+]. The summed E-state index contributed by atoms with van der Waals surface area (Å²) in [4.78, 5) is 0. The first-order valence-corrected chi connectivity index (χ1v) is 3.32. The molecular formula is C5H12LiP. The molecule has 1 atom stereocenters. The molecule has 38 valence electrons. The van der Waals surface area contributed by atoms with Gasteiger partial charge in [0.25, 0.3) is 0 Å². The van der Waals surface area contributed by atoms with Crippen molar-refractivity contribution in [1.82, 2.24) is 0 Å². The van der Waals surface area contributed by atoms with E-state index in [-0.39, 0.29) is 20.3 Å². The fraction of sp³-hybridized carbons (Fsp3) is 1.00. The van der Waals surface area contributed by atoms with Crippen molar-refractivity contribution in [2.45, 2.75) is 31.3 Å². The Labute approximate surface area is 61.3 Å². The van der Waals surface area contributed by atoms with E-state index in [2.05, 4.69) is 9.24 Å². The van der Waals surface area contributed by atoms with E-state index in [9.17, 15) is 0 Å². The molecule has 0 aromatic heterocycles. The second kappa shape index (κ2) is 3.96. The van der Waals surface area contributed by atoms with Crippen LogP contribution in [0.2, 0.25) is 0 Å². The van der Waals surface area contributed by atoms with Crippen LogP contribution in [0.25, 0.3) is 0 Å². The van der Waals surface area contributed by atoms with Gasteiger partial charge in [-0.3, -0.25) is 0 Å². The Morgan fingerprint density at radius 3 is 1.86 bits per heavy atom. The monoisotopic (exact) mass is 110 g/mol. The smallest absolute Gasteiger partial charge is 1.00 e. The fourth-order valence-corrected chi connectivity index (χ4v) is 1.43. The first-order valence-electron chi connectivity index (χ1n) is 2.65. The van der Waals surface area contributed by atoms with E-state index in [1.807, 2.05) is 0 Å². The predicted molar refractivity (Wildman–Crippen MR) is 33.1 cm³/mol. The van der Waals surface area contributed by atoms with Gasteiger partial charge in [-0.05, 0) is 18.5 Å². The second-order valence-electron chi connectivity index (χ2n) is 2.04. The Morgan fingerprint density at radius 1 is 1.29 bits per heavy atom. The molecule has 0 N–H and O–H groups in total. The van der Waals surface area contributed by atoms with E-state index in [1.165, 1.54) is 25.7 Å². The summed E-state index contributed by atoms with van der Waals surface area (Å²) in [5.41, 5.74) is 0.963. The summed E-state index contributed by atoms with van der Waals surface area (Å²) >= 11 is 0. The molecule has 0 aliphatic heterocycles. The molecule has 0 spiro atoms. The molecular weight excluding hydrogens is 98.0 g/mol. The Bertz CT molecular complexity index is 45.7. The maximum absolute atomic E-state index is 2.87. The van der Waals surface area contributed by atoms with Gasteiger partial charge in [0, 0.05) is 0 Å². The largest absolute Gasteiger partial charge is 1.00 e. The maximum atomic E-state index is 2.87. The van der Waals surface area contributed by atoms with Crippen LogP contribution in [0.4, 0.5) is 0 Å². The Kier molecular flexibility index (Phi) is 4.54. The summed E-state index contributed by atoms with van der Waals surface area (Å²) in [6.45, 7) is 0. The normalized spacial score (nSPS) is 21.9. The van der Waals surface area contributed by atoms with Crippen molar-refractivity contribution in [1.29, 1.82) is 0 Å². The van der Waals surface area contributed by atoms with Gasteiger partial charge < -0.3 is 1.43 Å². The van der Waals surface area contributed by atoms with Crippen LogP contribution in [0.15, 0.2) is 0 Å². The van der Waals surface area contributed by atoms with E-state index in [0.29, 0.717) is 0 Å². The minimum absolute atomic E-state index is 0. The van der Waals surface area contributed by atoms with Gasteiger partial charge in [-0.1, -0.05) is 12.8 Å². The molecule has 0 nitrogen and oxygen atoms in total. The predicted octanol–water partition coefficient (Wildman–Crippen LogP) is -1.08. The molecule has 7 heavy (non-hydrogen) atoms. The van der Waals surface area contributed by atoms with Gasteiger partial charge in [0.2, 0.25) is 0 Å². The van der Waals surface area contributed by atoms with Crippen molar-refractivity contribution in [3.05, 3.63) is 0 Å². The molecule has 1 fully saturated rings. The third-order valence-corrected chi connectivity index (χ3v) is 2.07. The summed E-state index contributed by atoms with van der Waals surface area (Å²) in [6, 6.07) is 0. The van der Waals surface area contributed by atoms with Gasteiger partial charge in [0.05, 0.1) is 0 Å². The van der Waals surface area contributed by atoms with E-state index >= 15 is 0 Å². The zero-order valence-corrected chi connectivity index (χ0v) is 6.14. The Morgan fingerprint density at radius 2 is 1.71 bits per heavy atom. The van der Waals surface area contributed by atoms with Crippen molar-refractivity contribution in [2.24, 2.45) is 0 Å². The minimum Gasteiger partial charge on any atom is -1.00 e. The average molecular weight is 110 g/mol. The second-order valence-corrected chi connectivity index (χ2v) is 2.99. The Balaban J connectivity index is 0. The van der Waals surface area contributed by atoms with Crippen LogP contribution in [-0.2, 0) is 0 Å². The van der Waals surface area contributed by atoms with Crippen LogP contribution in [-0.4, -0.2) is 5.66 Å². The first-order chi connectivity index (χ1) is 2.89. The van der Waals surface area contributed by atoms with Gasteiger partial charge in [-0.2, -0.15) is 0 Å². The number of hydrogen-bond donors (Lipinski definition) is 0. The molecule has 0 saturated heterocycles. The summed E-state index contributed by atoms with van der Waals surface area (Å²) in [7, 11) is 2.87. The summed E-state index contributed by atoms with van der Waals surface area (Å²) < 4.78 is 0. The van der Waals surface area contributed by atoms with Gasteiger partial charge in [-0.25, -0.2) is 0 Å². The fourth-order valence-electron chi connectivity index (χ4n) is 0.957. The van der Waals surface area contributed by atoms with Crippen LogP contribution in [0.5, 0.6) is 0 Å². The number of rotatable bonds is 0. The van der Waals surface area contributed by atoms with Gasteiger partial charge >= 0.3 is 18.9 Å². The standard InChI is InChI=1S/C5H11P.Li.H/c6-5-3-1-2-4-5;;/h5H,1-4,6H2;;/q;+1;-1. The molecule has 0 aromatic carbocycles. The van der Waals surface area contributed by atoms with Crippen LogP contribution in [0.1, 0.15) is 27.1 Å². The molecule has 0 radical (unpaired) electrons. The van der Waals surface area contributed by atoms with Crippen LogP contribution in [0, 0.1) is 0 Å². The van der Waals surface area contributed by atoms with Crippen molar-refractivity contribution < 1.29 is 20.3 Å². The third-order valence-electron chi connectivity index (χ3n) is 1.40. The minimum atomic E-state index is 0.